The second-order valence-corrected chi connectivity index (χ2v) is 9.13. The van der Waals surface area contributed by atoms with Crippen molar-refractivity contribution in [3.63, 3.8) is 0 Å². The number of hydrogen-bond donors (Lipinski definition) is 1. The molecule has 0 unspecified atom stereocenters. The standard InChI is InChI=1S/C25H21FN4O4S/c26-17-13-18-21(28-8-10-29(11-9-28)23(31)19-7-4-12-35-19)20(25(33)34)24(32)30(22(18)27-14-17)15-16-5-2-1-3-6-16/h1-7,12-14H,8-11,15H2,(H,33,34). The lowest BCUT2D eigenvalue weighted by molar-refractivity contribution is 0.0691. The summed E-state index contributed by atoms with van der Waals surface area (Å²) in [6.07, 6.45) is 1.02. The zero-order valence-corrected chi connectivity index (χ0v) is 19.4. The molecule has 0 aliphatic carbocycles. The summed E-state index contributed by atoms with van der Waals surface area (Å²) in [5, 5.41) is 12.1. The van der Waals surface area contributed by atoms with E-state index in [0.717, 1.165) is 11.8 Å². The van der Waals surface area contributed by atoms with E-state index in [4.69, 9.17) is 0 Å². The lowest BCUT2D eigenvalue weighted by Crippen LogP contribution is -2.49. The van der Waals surface area contributed by atoms with Gasteiger partial charge in [0.2, 0.25) is 0 Å². The summed E-state index contributed by atoms with van der Waals surface area (Å²) in [5.74, 6) is -2.12. The average molecular weight is 493 g/mol. The molecule has 0 radical (unpaired) electrons. The first-order valence-corrected chi connectivity index (χ1v) is 11.9. The number of amides is 1. The van der Waals surface area contributed by atoms with Crippen LogP contribution in [0.3, 0.4) is 0 Å². The van der Waals surface area contributed by atoms with Gasteiger partial charge in [0, 0.05) is 31.6 Å². The van der Waals surface area contributed by atoms with E-state index >= 15 is 0 Å². The van der Waals surface area contributed by atoms with Crippen LogP contribution in [0.5, 0.6) is 0 Å². The largest absolute Gasteiger partial charge is 0.477 e. The fourth-order valence-corrected chi connectivity index (χ4v) is 5.10. The van der Waals surface area contributed by atoms with Gasteiger partial charge in [-0.2, -0.15) is 0 Å². The van der Waals surface area contributed by atoms with Gasteiger partial charge in [-0.05, 0) is 23.1 Å². The van der Waals surface area contributed by atoms with Crippen molar-refractivity contribution in [1.29, 1.82) is 0 Å². The summed E-state index contributed by atoms with van der Waals surface area (Å²) in [6, 6.07) is 13.9. The molecule has 1 amide bonds. The van der Waals surface area contributed by atoms with E-state index in [1.807, 2.05) is 41.8 Å². The van der Waals surface area contributed by atoms with Gasteiger partial charge in [-0.1, -0.05) is 36.4 Å². The van der Waals surface area contributed by atoms with Crippen LogP contribution in [0.25, 0.3) is 11.0 Å². The van der Waals surface area contributed by atoms with E-state index in [1.165, 1.54) is 22.0 Å². The first-order chi connectivity index (χ1) is 16.9. The van der Waals surface area contributed by atoms with Gasteiger partial charge in [-0.25, -0.2) is 14.2 Å². The highest BCUT2D eigenvalue weighted by Gasteiger charge is 2.30. The van der Waals surface area contributed by atoms with Crippen molar-refractivity contribution in [2.75, 3.05) is 31.1 Å². The summed E-state index contributed by atoms with van der Waals surface area (Å²) < 4.78 is 15.6. The molecular weight excluding hydrogens is 471 g/mol. The van der Waals surface area contributed by atoms with Gasteiger partial charge in [0.1, 0.15) is 17.0 Å². The molecule has 8 nitrogen and oxygen atoms in total. The van der Waals surface area contributed by atoms with Crippen LogP contribution >= 0.6 is 11.3 Å². The molecule has 5 rings (SSSR count). The zero-order chi connectivity index (χ0) is 24.5. The number of rotatable bonds is 5. The van der Waals surface area contributed by atoms with Crippen LogP contribution in [-0.2, 0) is 6.54 Å². The van der Waals surface area contributed by atoms with Crippen molar-refractivity contribution in [3.05, 3.63) is 92.3 Å². The number of carbonyl (C=O) groups excluding carboxylic acids is 1. The van der Waals surface area contributed by atoms with E-state index in [0.29, 0.717) is 31.1 Å². The Morgan fingerprint density at radius 3 is 2.46 bits per heavy atom. The van der Waals surface area contributed by atoms with Gasteiger partial charge in [-0.15, -0.1) is 11.3 Å². The van der Waals surface area contributed by atoms with Crippen molar-refractivity contribution < 1.29 is 19.1 Å². The van der Waals surface area contributed by atoms with Crippen LogP contribution < -0.4 is 10.5 Å². The Balaban J connectivity index is 1.58. The van der Waals surface area contributed by atoms with Crippen LogP contribution in [0.15, 0.2) is 64.9 Å². The summed E-state index contributed by atoms with van der Waals surface area (Å²) in [7, 11) is 0. The Kier molecular flexibility index (Phi) is 6.04. The maximum atomic E-state index is 14.3. The molecule has 1 aliphatic heterocycles. The number of anilines is 1. The number of piperazine rings is 1. The molecule has 0 bridgehead atoms. The number of carboxylic acid groups (broad SMARTS) is 1. The molecule has 1 fully saturated rings. The normalized spacial score (nSPS) is 13.9. The SMILES string of the molecule is O=C(O)c1c(N2CCN(C(=O)c3cccs3)CC2)c2cc(F)cnc2n(Cc2ccccc2)c1=O. The molecule has 1 aromatic carbocycles. The molecule has 35 heavy (non-hydrogen) atoms. The number of carboxylic acids is 1. The van der Waals surface area contributed by atoms with Gasteiger partial charge in [0.15, 0.2) is 0 Å². The fraction of sp³-hybridized carbons (Fsp3) is 0.200. The van der Waals surface area contributed by atoms with Crippen LogP contribution in [0.2, 0.25) is 0 Å². The Morgan fingerprint density at radius 2 is 1.80 bits per heavy atom. The molecule has 0 saturated carbocycles. The summed E-state index contributed by atoms with van der Waals surface area (Å²) in [5.41, 5.74) is -0.0138. The number of pyridine rings is 2. The van der Waals surface area contributed by atoms with Gasteiger partial charge in [-0.3, -0.25) is 14.2 Å². The van der Waals surface area contributed by atoms with E-state index in [9.17, 15) is 23.9 Å². The third-order valence-corrected chi connectivity index (χ3v) is 6.91. The minimum absolute atomic E-state index is 0.0889. The van der Waals surface area contributed by atoms with E-state index in [2.05, 4.69) is 4.98 Å². The predicted octanol–water partition coefficient (Wildman–Crippen LogP) is 3.31. The van der Waals surface area contributed by atoms with Crippen molar-refractivity contribution in [1.82, 2.24) is 14.5 Å². The lowest BCUT2D eigenvalue weighted by Gasteiger charge is -2.37. The molecule has 4 heterocycles. The third-order valence-electron chi connectivity index (χ3n) is 6.05. The van der Waals surface area contributed by atoms with Crippen LogP contribution in [0, 0.1) is 5.82 Å². The highest BCUT2D eigenvalue weighted by Crippen LogP contribution is 2.30. The van der Waals surface area contributed by atoms with Crippen LogP contribution in [0.4, 0.5) is 10.1 Å². The smallest absolute Gasteiger partial charge is 0.343 e. The minimum Gasteiger partial charge on any atom is -0.477 e. The summed E-state index contributed by atoms with van der Waals surface area (Å²) in [4.78, 5) is 46.7. The second-order valence-electron chi connectivity index (χ2n) is 8.19. The molecule has 3 aromatic heterocycles. The Labute approximate surface area is 203 Å². The Morgan fingerprint density at radius 1 is 1.06 bits per heavy atom. The maximum Gasteiger partial charge on any atom is 0.343 e. The van der Waals surface area contributed by atoms with Gasteiger partial charge >= 0.3 is 5.97 Å². The number of benzene rings is 1. The molecule has 178 valence electrons. The fourth-order valence-electron chi connectivity index (χ4n) is 4.41. The number of nitrogens with zero attached hydrogens (tertiary/aromatic N) is 4. The quantitative estimate of drug-likeness (QED) is 0.459. The number of carbonyl (C=O) groups is 2. The van der Waals surface area contributed by atoms with E-state index in [-0.39, 0.29) is 29.2 Å². The van der Waals surface area contributed by atoms with Crippen molar-refractivity contribution in [3.8, 4) is 0 Å². The third kappa shape index (κ3) is 4.28. The molecular formula is C25H21FN4O4S. The number of halogens is 1. The second kappa shape index (κ2) is 9.30. The van der Waals surface area contributed by atoms with E-state index in [1.54, 1.807) is 15.9 Å². The van der Waals surface area contributed by atoms with Crippen LogP contribution in [-0.4, -0.2) is 57.6 Å². The Bertz CT molecular complexity index is 1460. The lowest BCUT2D eigenvalue weighted by atomic mass is 10.1. The van der Waals surface area contributed by atoms with Crippen molar-refractivity contribution >= 4 is 39.9 Å². The Hall–Kier alpha value is -4.05. The monoisotopic (exact) mass is 492 g/mol. The molecule has 0 spiro atoms. The summed E-state index contributed by atoms with van der Waals surface area (Å²) in [6.45, 7) is 1.37. The van der Waals surface area contributed by atoms with Gasteiger partial charge < -0.3 is 14.9 Å². The molecule has 10 heteroatoms. The number of thiophene rings is 1. The minimum atomic E-state index is -1.39. The van der Waals surface area contributed by atoms with Gasteiger partial charge in [0.05, 0.1) is 23.3 Å². The zero-order valence-electron chi connectivity index (χ0n) is 18.6. The number of fused-ring (bicyclic) bond motifs is 1. The number of hydrogen-bond acceptors (Lipinski definition) is 6. The van der Waals surface area contributed by atoms with Crippen LogP contribution in [0.1, 0.15) is 25.6 Å². The van der Waals surface area contributed by atoms with Gasteiger partial charge in [0.25, 0.3) is 11.5 Å². The number of aromatic carboxylic acids is 1. The van der Waals surface area contributed by atoms with E-state index < -0.39 is 22.9 Å². The highest BCUT2D eigenvalue weighted by molar-refractivity contribution is 7.12. The topological polar surface area (TPSA) is 95.7 Å². The first-order valence-electron chi connectivity index (χ1n) is 11.0. The molecule has 1 N–H and O–H groups in total. The predicted molar refractivity (Wildman–Crippen MR) is 131 cm³/mol. The first kappa shape index (κ1) is 22.7. The average Bonchev–Trinajstić information content (AvgIpc) is 3.40. The maximum absolute atomic E-state index is 14.3. The van der Waals surface area contributed by atoms with Crippen molar-refractivity contribution in [2.45, 2.75) is 6.54 Å². The van der Waals surface area contributed by atoms with Crippen molar-refractivity contribution in [2.24, 2.45) is 0 Å². The molecule has 4 aromatic rings. The number of aromatic nitrogens is 2. The highest BCUT2D eigenvalue weighted by atomic mass is 32.1. The molecule has 1 aliphatic rings. The molecule has 1 saturated heterocycles. The molecule has 0 atom stereocenters. The summed E-state index contributed by atoms with van der Waals surface area (Å²) >= 11 is 1.36.